The lowest BCUT2D eigenvalue weighted by atomic mass is 9.78. The smallest absolute Gasteiger partial charge is 0.0613 e. The van der Waals surface area contributed by atoms with Crippen molar-refractivity contribution in [2.45, 2.75) is 75.9 Å². The number of aliphatic hydroxyl groups excluding tert-OH is 1. The summed E-state index contributed by atoms with van der Waals surface area (Å²) in [5.74, 6) is 0. The first kappa shape index (κ1) is 14.3. The van der Waals surface area contributed by atoms with Gasteiger partial charge in [-0.1, -0.05) is 12.8 Å². The molecule has 0 bridgehead atoms. The summed E-state index contributed by atoms with van der Waals surface area (Å²) < 4.78 is 0. The highest BCUT2D eigenvalue weighted by Gasteiger charge is 2.38. The summed E-state index contributed by atoms with van der Waals surface area (Å²) in [5.41, 5.74) is -0.0189. The van der Waals surface area contributed by atoms with E-state index >= 15 is 0 Å². The van der Waals surface area contributed by atoms with Crippen LogP contribution >= 0.6 is 0 Å². The largest absolute Gasteiger partial charge is 0.394 e. The molecule has 0 aromatic heterocycles. The van der Waals surface area contributed by atoms with Crippen molar-refractivity contribution in [1.82, 2.24) is 10.2 Å². The van der Waals surface area contributed by atoms with Crippen LogP contribution in [-0.4, -0.2) is 47.8 Å². The van der Waals surface area contributed by atoms with E-state index in [0.717, 1.165) is 18.9 Å². The van der Waals surface area contributed by atoms with Crippen molar-refractivity contribution < 1.29 is 5.11 Å². The first-order valence-electron chi connectivity index (χ1n) is 7.76. The number of likely N-dealkylation sites (N-methyl/N-ethyl adjacent to an activating group) is 1. The standard InChI is InChI=1S/C15H30N2O/c1-13-7-4-3-5-10-17(13)14-8-6-9-15(11-14,12-18)16-2/h13-14,16,18H,3-12H2,1-2H3. The molecular weight excluding hydrogens is 224 g/mol. The molecule has 18 heavy (non-hydrogen) atoms. The second kappa shape index (κ2) is 6.36. The van der Waals surface area contributed by atoms with Crippen LogP contribution in [0.1, 0.15) is 58.3 Å². The van der Waals surface area contributed by atoms with Crippen LogP contribution in [0.3, 0.4) is 0 Å². The van der Waals surface area contributed by atoms with E-state index in [4.69, 9.17) is 0 Å². The molecule has 3 nitrogen and oxygen atoms in total. The van der Waals surface area contributed by atoms with Crippen molar-refractivity contribution in [3.8, 4) is 0 Å². The van der Waals surface area contributed by atoms with Gasteiger partial charge in [-0.3, -0.25) is 4.90 Å². The maximum absolute atomic E-state index is 9.70. The molecule has 2 rings (SSSR count). The predicted molar refractivity (Wildman–Crippen MR) is 75.8 cm³/mol. The maximum Gasteiger partial charge on any atom is 0.0613 e. The zero-order valence-corrected chi connectivity index (χ0v) is 12.1. The average molecular weight is 254 g/mol. The third kappa shape index (κ3) is 3.06. The average Bonchev–Trinajstić information content (AvgIpc) is 2.63. The Morgan fingerprint density at radius 1 is 1.22 bits per heavy atom. The molecule has 2 aliphatic rings. The highest BCUT2D eigenvalue weighted by molar-refractivity contribution is 4.96. The minimum absolute atomic E-state index is 0.0189. The molecule has 1 saturated heterocycles. The van der Waals surface area contributed by atoms with E-state index in [2.05, 4.69) is 17.1 Å². The van der Waals surface area contributed by atoms with E-state index in [1.54, 1.807) is 0 Å². The van der Waals surface area contributed by atoms with Gasteiger partial charge in [0.2, 0.25) is 0 Å². The molecule has 3 unspecified atom stereocenters. The molecule has 0 aromatic carbocycles. The zero-order valence-electron chi connectivity index (χ0n) is 12.1. The van der Waals surface area contributed by atoms with Crippen LogP contribution in [0.2, 0.25) is 0 Å². The van der Waals surface area contributed by atoms with Gasteiger partial charge >= 0.3 is 0 Å². The number of rotatable bonds is 3. The minimum atomic E-state index is -0.0189. The van der Waals surface area contributed by atoms with Gasteiger partial charge in [-0.25, -0.2) is 0 Å². The number of hydrogen-bond donors (Lipinski definition) is 2. The topological polar surface area (TPSA) is 35.5 Å². The number of nitrogens with one attached hydrogen (secondary N) is 1. The molecule has 1 heterocycles. The lowest BCUT2D eigenvalue weighted by molar-refractivity contribution is 0.0468. The van der Waals surface area contributed by atoms with Gasteiger partial charge in [-0.15, -0.1) is 0 Å². The SMILES string of the molecule is CNC1(CO)CCCC(N2CCCCCC2C)C1. The molecule has 0 spiro atoms. The third-order valence-corrected chi connectivity index (χ3v) is 5.23. The molecule has 2 N–H and O–H groups in total. The van der Waals surface area contributed by atoms with Gasteiger partial charge in [0.05, 0.1) is 6.61 Å². The normalized spacial score (nSPS) is 39.5. The minimum Gasteiger partial charge on any atom is -0.394 e. The Bertz CT molecular complexity index is 253. The van der Waals surface area contributed by atoms with Crippen LogP contribution in [-0.2, 0) is 0 Å². The molecule has 0 aromatic rings. The first-order chi connectivity index (χ1) is 8.71. The van der Waals surface area contributed by atoms with Crippen LogP contribution < -0.4 is 5.32 Å². The molecule has 1 saturated carbocycles. The van der Waals surface area contributed by atoms with Gasteiger partial charge in [0, 0.05) is 17.6 Å². The van der Waals surface area contributed by atoms with Crippen LogP contribution in [0.5, 0.6) is 0 Å². The lowest BCUT2D eigenvalue weighted by Gasteiger charge is -2.45. The van der Waals surface area contributed by atoms with Crippen LogP contribution in [0.15, 0.2) is 0 Å². The molecule has 1 aliphatic heterocycles. The quantitative estimate of drug-likeness (QED) is 0.810. The second-order valence-corrected chi connectivity index (χ2v) is 6.37. The van der Waals surface area contributed by atoms with Gasteiger partial charge < -0.3 is 10.4 Å². The zero-order chi connectivity index (χ0) is 13.0. The Morgan fingerprint density at radius 2 is 2.06 bits per heavy atom. The van der Waals surface area contributed by atoms with Gasteiger partial charge in [-0.2, -0.15) is 0 Å². The highest BCUT2D eigenvalue weighted by Crippen LogP contribution is 2.33. The maximum atomic E-state index is 9.70. The molecular formula is C15H30N2O. The Kier molecular flexibility index (Phi) is 5.05. The highest BCUT2D eigenvalue weighted by atomic mass is 16.3. The number of nitrogens with zero attached hydrogens (tertiary/aromatic N) is 1. The summed E-state index contributed by atoms with van der Waals surface area (Å²) in [5, 5.41) is 13.1. The van der Waals surface area contributed by atoms with Crippen molar-refractivity contribution in [2.75, 3.05) is 20.2 Å². The van der Waals surface area contributed by atoms with E-state index in [9.17, 15) is 5.11 Å². The Balaban J connectivity index is 2.02. The van der Waals surface area contributed by atoms with Crippen molar-refractivity contribution in [3.63, 3.8) is 0 Å². The van der Waals surface area contributed by atoms with Crippen molar-refractivity contribution >= 4 is 0 Å². The van der Waals surface area contributed by atoms with Gasteiger partial charge in [0.15, 0.2) is 0 Å². The lowest BCUT2D eigenvalue weighted by Crippen LogP contribution is -2.55. The van der Waals surface area contributed by atoms with Crippen molar-refractivity contribution in [2.24, 2.45) is 0 Å². The Labute approximate surface area is 112 Å². The number of aliphatic hydroxyl groups is 1. The fourth-order valence-electron chi connectivity index (χ4n) is 3.90. The van der Waals surface area contributed by atoms with Crippen molar-refractivity contribution in [3.05, 3.63) is 0 Å². The van der Waals surface area contributed by atoms with E-state index in [1.165, 1.54) is 45.1 Å². The second-order valence-electron chi connectivity index (χ2n) is 6.37. The van der Waals surface area contributed by atoms with Crippen LogP contribution in [0, 0.1) is 0 Å². The molecule has 106 valence electrons. The van der Waals surface area contributed by atoms with Gasteiger partial charge in [0.25, 0.3) is 0 Å². The van der Waals surface area contributed by atoms with E-state index in [1.807, 2.05) is 7.05 Å². The first-order valence-corrected chi connectivity index (χ1v) is 7.76. The molecule has 3 atom stereocenters. The summed E-state index contributed by atoms with van der Waals surface area (Å²) in [6.45, 7) is 3.93. The fraction of sp³-hybridized carbons (Fsp3) is 1.00. The summed E-state index contributed by atoms with van der Waals surface area (Å²) in [4.78, 5) is 2.73. The molecule has 2 fully saturated rings. The molecule has 0 amide bonds. The predicted octanol–water partition coefficient (Wildman–Crippen LogP) is 2.14. The van der Waals surface area contributed by atoms with E-state index in [0.29, 0.717) is 6.04 Å². The molecule has 1 aliphatic carbocycles. The van der Waals surface area contributed by atoms with E-state index in [-0.39, 0.29) is 12.1 Å². The Morgan fingerprint density at radius 3 is 2.78 bits per heavy atom. The monoisotopic (exact) mass is 254 g/mol. The Hall–Kier alpha value is -0.120. The van der Waals surface area contributed by atoms with Crippen LogP contribution in [0.25, 0.3) is 0 Å². The third-order valence-electron chi connectivity index (χ3n) is 5.23. The van der Waals surface area contributed by atoms with Crippen molar-refractivity contribution in [1.29, 1.82) is 0 Å². The van der Waals surface area contributed by atoms with Gasteiger partial charge in [-0.05, 0) is 59.0 Å². The molecule has 3 heteroatoms. The summed E-state index contributed by atoms with van der Waals surface area (Å²) in [7, 11) is 2.00. The van der Waals surface area contributed by atoms with Crippen LogP contribution in [0.4, 0.5) is 0 Å². The number of likely N-dealkylation sites (tertiary alicyclic amines) is 1. The summed E-state index contributed by atoms with van der Waals surface area (Å²) in [6.07, 6.45) is 10.3. The number of hydrogen-bond acceptors (Lipinski definition) is 3. The van der Waals surface area contributed by atoms with Gasteiger partial charge in [0.1, 0.15) is 0 Å². The van der Waals surface area contributed by atoms with E-state index < -0.39 is 0 Å². The summed E-state index contributed by atoms with van der Waals surface area (Å²) in [6, 6.07) is 1.40. The fourth-order valence-corrected chi connectivity index (χ4v) is 3.90. The molecule has 0 radical (unpaired) electrons. The summed E-state index contributed by atoms with van der Waals surface area (Å²) >= 11 is 0.